The van der Waals surface area contributed by atoms with E-state index in [9.17, 15) is 0 Å². The van der Waals surface area contributed by atoms with Crippen LogP contribution in [0.5, 0.6) is 11.5 Å². The van der Waals surface area contributed by atoms with Gasteiger partial charge in [-0.2, -0.15) is 0 Å². The molecule has 0 atom stereocenters. The van der Waals surface area contributed by atoms with Crippen LogP contribution in [-0.2, 0) is 23.8 Å². The molecule has 0 N–H and O–H groups in total. The molecular weight excluding hydrogens is 607 g/mol. The molecule has 6 heteroatoms. The van der Waals surface area contributed by atoms with Gasteiger partial charge in [-0.25, -0.2) is 0 Å². The predicted molar refractivity (Wildman–Crippen MR) is 164 cm³/mol. The van der Waals surface area contributed by atoms with E-state index >= 15 is 0 Å². The Kier molecular flexibility index (Phi) is 8.31. The molecule has 194 valence electrons. The average molecular weight is 639 g/mol. The maximum Gasteiger partial charge on any atom is -0.147 e. The largest absolute Gasteiger partial charge is 0.147 e. The number of rotatable bonds is 6. The summed E-state index contributed by atoms with van der Waals surface area (Å²) in [5.74, 6) is 1.92. The fraction of sp³-hybridized carbons (Fsp3) is 0.125. The molecular formula is C32H32Cl2O2SiZr. The Labute approximate surface area is 240 Å². The van der Waals surface area contributed by atoms with Gasteiger partial charge in [0.25, 0.3) is 0 Å². The summed E-state index contributed by atoms with van der Waals surface area (Å²) in [4.78, 5) is 0. The summed E-state index contributed by atoms with van der Waals surface area (Å²) in [6.45, 7) is 2.30. The van der Waals surface area contributed by atoms with Gasteiger partial charge in [0, 0.05) is 0 Å². The Morgan fingerprint density at radius 2 is 1.37 bits per heavy atom. The summed E-state index contributed by atoms with van der Waals surface area (Å²) in [6, 6.07) is 33.5. The van der Waals surface area contributed by atoms with E-state index in [2.05, 4.69) is 116 Å². The van der Waals surface area contributed by atoms with Crippen molar-refractivity contribution in [3.63, 3.8) is 0 Å². The van der Waals surface area contributed by atoms with Gasteiger partial charge in [-0.1, -0.05) is 0 Å². The van der Waals surface area contributed by atoms with Crippen LogP contribution in [-0.4, -0.2) is 21.1 Å². The molecule has 0 heterocycles. The van der Waals surface area contributed by atoms with E-state index in [4.69, 9.17) is 9.47 Å². The molecule has 2 aliphatic rings. The van der Waals surface area contributed by atoms with Crippen LogP contribution in [0.3, 0.4) is 0 Å². The summed E-state index contributed by atoms with van der Waals surface area (Å²) in [7, 11) is 3.57. The van der Waals surface area contributed by atoms with Crippen molar-refractivity contribution in [1.29, 1.82) is 0 Å². The van der Waals surface area contributed by atoms with Gasteiger partial charge in [-0.15, -0.1) is 24.8 Å². The third-order valence-corrected chi connectivity index (χ3v) is 34.3. The van der Waals surface area contributed by atoms with Gasteiger partial charge in [0.2, 0.25) is 0 Å². The Hall–Kier alpha value is -2.36. The van der Waals surface area contributed by atoms with Crippen LogP contribution in [0.4, 0.5) is 0 Å². The number of benzene rings is 4. The number of fused-ring (bicyclic) bond motifs is 3. The second-order valence-corrected chi connectivity index (χ2v) is 31.1. The van der Waals surface area contributed by atoms with E-state index in [1.165, 1.54) is 32.1 Å². The predicted octanol–water partition coefficient (Wildman–Crippen LogP) is 5.48. The van der Waals surface area contributed by atoms with Crippen LogP contribution in [0.1, 0.15) is 17.5 Å². The van der Waals surface area contributed by atoms with Gasteiger partial charge >= 0.3 is 217 Å². The molecule has 2 aliphatic carbocycles. The Morgan fingerprint density at radius 1 is 0.737 bits per heavy atom. The average Bonchev–Trinajstić information content (AvgIpc) is 3.61. The topological polar surface area (TPSA) is 18.5 Å². The van der Waals surface area contributed by atoms with Crippen molar-refractivity contribution in [1.82, 2.24) is 0 Å². The Bertz CT molecular complexity index is 1570. The molecule has 4 aromatic rings. The second-order valence-electron chi connectivity index (χ2n) is 9.88. The van der Waals surface area contributed by atoms with Gasteiger partial charge in [0.15, 0.2) is 0 Å². The monoisotopic (exact) mass is 636 g/mol. The molecule has 0 aromatic heterocycles. The van der Waals surface area contributed by atoms with Crippen LogP contribution < -0.4 is 19.3 Å². The first-order valence-electron chi connectivity index (χ1n) is 12.5. The van der Waals surface area contributed by atoms with E-state index in [1.807, 2.05) is 7.11 Å². The zero-order valence-electron chi connectivity index (χ0n) is 21.6. The molecule has 38 heavy (non-hydrogen) atoms. The van der Waals surface area contributed by atoms with E-state index < -0.39 is 17.4 Å². The molecule has 0 saturated carbocycles. The minimum absolute atomic E-state index is 0. The summed E-state index contributed by atoms with van der Waals surface area (Å²) >= 11 is -4.44. The number of methoxy groups -OCH3 is 2. The van der Waals surface area contributed by atoms with Crippen LogP contribution in [0.15, 0.2) is 113 Å². The third kappa shape index (κ3) is 4.00. The summed E-state index contributed by atoms with van der Waals surface area (Å²) in [6.07, 6.45) is 8.83. The quantitative estimate of drug-likeness (QED) is 0.230. The van der Waals surface area contributed by atoms with Crippen molar-refractivity contribution in [3.05, 3.63) is 124 Å². The van der Waals surface area contributed by atoms with E-state index in [1.54, 1.807) is 10.4 Å². The van der Waals surface area contributed by atoms with Crippen molar-refractivity contribution in [3.8, 4) is 22.6 Å². The molecule has 6 rings (SSSR count). The first kappa shape index (κ1) is 28.6. The second kappa shape index (κ2) is 11.0. The number of allylic oxidation sites excluding steroid dienone is 4. The SMILES string of the molecule is COc1ccc2c(c1)Cc1c-2ccc(OC)[c]1[Zr](=[SiH2])([C]1=CC=CC1)([c]1ccccc1)[c]1ccccc1.Cl.Cl. The summed E-state index contributed by atoms with van der Waals surface area (Å²) in [5, 5.41) is 0. The zero-order chi connectivity index (χ0) is 24.8. The molecule has 0 saturated heterocycles. The maximum atomic E-state index is 6.27. The Morgan fingerprint density at radius 3 is 1.92 bits per heavy atom. The number of hydrogen-bond donors (Lipinski definition) is 0. The van der Waals surface area contributed by atoms with Crippen molar-refractivity contribution >= 4 is 41.5 Å². The first-order valence-corrected chi connectivity index (χ1v) is 23.3. The van der Waals surface area contributed by atoms with Gasteiger partial charge in [-0.05, 0) is 0 Å². The molecule has 0 radical (unpaired) electrons. The van der Waals surface area contributed by atoms with Crippen molar-refractivity contribution in [2.45, 2.75) is 12.8 Å². The molecule has 0 amide bonds. The number of halogens is 2. The van der Waals surface area contributed by atoms with Crippen molar-refractivity contribution in [2.24, 2.45) is 0 Å². The fourth-order valence-electron chi connectivity index (χ4n) is 6.59. The molecule has 0 bridgehead atoms. The molecule has 2 nitrogen and oxygen atoms in total. The van der Waals surface area contributed by atoms with E-state index in [-0.39, 0.29) is 24.8 Å². The van der Waals surface area contributed by atoms with Crippen molar-refractivity contribution in [2.75, 3.05) is 14.2 Å². The molecule has 0 spiro atoms. The smallest absolute Gasteiger partial charge is 0.147 e. The van der Waals surface area contributed by atoms with Crippen LogP contribution in [0.25, 0.3) is 11.1 Å². The zero-order valence-corrected chi connectivity index (χ0v) is 27.2. The normalized spacial score (nSPS) is 13.5. The first-order chi connectivity index (χ1) is 17.6. The number of ether oxygens (including phenoxy) is 2. The van der Waals surface area contributed by atoms with Crippen LogP contribution in [0, 0.1) is 0 Å². The minimum Gasteiger partial charge on any atom is -0.147 e. The van der Waals surface area contributed by atoms with E-state index in [0.29, 0.717) is 0 Å². The molecule has 0 fully saturated rings. The van der Waals surface area contributed by atoms with Crippen LogP contribution in [0.2, 0.25) is 0 Å². The third-order valence-electron chi connectivity index (χ3n) is 8.32. The molecule has 0 aliphatic heterocycles. The maximum absolute atomic E-state index is 6.27. The summed E-state index contributed by atoms with van der Waals surface area (Å²) in [5.41, 5.74) is 5.37. The Balaban J connectivity index is 0.00000168. The van der Waals surface area contributed by atoms with Gasteiger partial charge in [0.05, 0.1) is 0 Å². The molecule has 0 unspecified atom stereocenters. The molecule has 4 aromatic carbocycles. The van der Waals surface area contributed by atoms with Gasteiger partial charge in [-0.3, -0.25) is 0 Å². The van der Waals surface area contributed by atoms with Crippen LogP contribution >= 0.6 is 24.8 Å². The summed E-state index contributed by atoms with van der Waals surface area (Å²) < 4.78 is 17.8. The van der Waals surface area contributed by atoms with Gasteiger partial charge in [0.1, 0.15) is 0 Å². The minimum atomic E-state index is -4.44. The van der Waals surface area contributed by atoms with Gasteiger partial charge < -0.3 is 0 Å². The van der Waals surface area contributed by atoms with Crippen molar-refractivity contribution < 1.29 is 26.9 Å². The fourth-order valence-corrected chi connectivity index (χ4v) is 29.2. The number of hydrogen-bond acceptors (Lipinski definition) is 2. The standard InChI is InChI=1S/C15H13O2.2C6H5.C5H5.2ClH.H2Si.Zr/c1-16-12-3-5-14-10(8-12)7-11-9-13(17-2)4-6-15(11)14;2*1-2-4-6-5-3-1;1-2-4-5-3-1;;;;/h3-6,8H,7H2,1-2H3;2*1-5H;1-3H,4H2;2*1H;1H2;. The van der Waals surface area contributed by atoms with E-state index in [0.717, 1.165) is 24.3 Å².